The lowest BCUT2D eigenvalue weighted by Crippen LogP contribution is -2.19. The Kier molecular flexibility index (Phi) is 7.48. The Morgan fingerprint density at radius 3 is 2.09 bits per heavy atom. The summed E-state index contributed by atoms with van der Waals surface area (Å²) < 4.78 is 35.6. The summed E-state index contributed by atoms with van der Waals surface area (Å²) in [5, 5.41) is 3.30. The van der Waals surface area contributed by atoms with E-state index in [0.29, 0.717) is 0 Å². The van der Waals surface area contributed by atoms with Crippen molar-refractivity contribution >= 4 is 27.1 Å². The molecule has 0 atom stereocenters. The number of anilines is 1. The van der Waals surface area contributed by atoms with Gasteiger partial charge in [0.2, 0.25) is 0 Å². The molecule has 3 rings (SSSR count). The third-order valence-electron chi connectivity index (χ3n) is 5.62. The molecule has 5 nitrogen and oxygen atoms in total. The minimum absolute atomic E-state index is 0.111. The van der Waals surface area contributed by atoms with E-state index in [1.165, 1.54) is 6.07 Å². The normalized spacial score (nSPS) is 13.4. The van der Waals surface area contributed by atoms with Crippen LogP contribution >= 0.6 is 0 Å². The van der Waals surface area contributed by atoms with Gasteiger partial charge in [-0.15, -0.1) is 0 Å². The first kappa shape index (κ1) is 23.7. The zero-order valence-corrected chi connectivity index (χ0v) is 19.9. The molecule has 0 heterocycles. The Morgan fingerprint density at radius 2 is 1.56 bits per heavy atom. The van der Waals surface area contributed by atoms with Gasteiger partial charge in [0.05, 0.1) is 4.90 Å². The number of nitrogens with zero attached hydrogens (tertiary/aromatic N) is 1. The van der Waals surface area contributed by atoms with E-state index in [1.54, 1.807) is 12.1 Å². The fourth-order valence-corrected chi connectivity index (χ4v) is 4.40. The van der Waals surface area contributed by atoms with E-state index < -0.39 is 10.1 Å². The van der Waals surface area contributed by atoms with E-state index in [-0.39, 0.29) is 4.90 Å². The summed E-state index contributed by atoms with van der Waals surface area (Å²) in [7, 11) is -4.31. The first-order chi connectivity index (χ1) is 15.3. The number of nitrogens with one attached hydrogen (secondary N) is 1. The summed E-state index contributed by atoms with van der Waals surface area (Å²) in [5.41, 5.74) is 6.73. The van der Waals surface area contributed by atoms with Crippen molar-refractivity contribution in [1.82, 2.24) is 0 Å². The van der Waals surface area contributed by atoms with Crippen LogP contribution in [0.2, 0.25) is 0 Å². The molecule has 6 heteroatoms. The average Bonchev–Trinajstić information content (AvgIpc) is 2.77. The lowest BCUT2D eigenvalue weighted by atomic mass is 9.88. The van der Waals surface area contributed by atoms with Crippen LogP contribution in [-0.4, -0.2) is 42.9 Å². The molecule has 1 aliphatic rings. The van der Waals surface area contributed by atoms with Crippen molar-refractivity contribution in [3.63, 3.8) is 0 Å². The topological polar surface area (TPSA) is 69.4 Å². The predicted octanol–water partition coefficient (Wildman–Crippen LogP) is 5.09. The second kappa shape index (κ2) is 10.1. The first-order valence-corrected chi connectivity index (χ1v) is 12.4. The van der Waals surface area contributed by atoms with Crippen LogP contribution in [0.25, 0.3) is 5.57 Å². The van der Waals surface area contributed by atoms with Crippen molar-refractivity contribution in [3.8, 4) is 0 Å². The highest BCUT2D eigenvalue weighted by Crippen LogP contribution is 2.33. The molecule has 1 aliphatic carbocycles. The standard InChI is InChI=1S/C26H30N2O3S/c1-5-27-22-13-9-20(10-14-22)26(21-11-15-23(16-12-21)28(6-2)7-3)25-18-24(32(29,30)31)17-8-19(25)4/h8-18H,5-7H2,1-4H3,(H,29,30,31)/p+1. The molecule has 0 saturated heterocycles. The summed E-state index contributed by atoms with van der Waals surface area (Å²) in [4.78, 5) is -0.111. The third kappa shape index (κ3) is 5.26. The van der Waals surface area contributed by atoms with Crippen molar-refractivity contribution < 1.29 is 17.5 Å². The summed E-state index contributed by atoms with van der Waals surface area (Å²) in [5.74, 6) is 0. The molecule has 2 aromatic rings. The second-order valence-corrected chi connectivity index (χ2v) is 9.08. The molecular weight excluding hydrogens is 420 g/mol. The number of aryl methyl sites for hydroxylation is 1. The van der Waals surface area contributed by atoms with Gasteiger partial charge in [0.25, 0.3) is 10.1 Å². The Labute approximate surface area is 191 Å². The van der Waals surface area contributed by atoms with Crippen molar-refractivity contribution in [3.05, 3.63) is 89.0 Å². The second-order valence-electron chi connectivity index (χ2n) is 7.65. The lowest BCUT2D eigenvalue weighted by Gasteiger charge is -2.17. The van der Waals surface area contributed by atoms with Crippen molar-refractivity contribution in [2.75, 3.05) is 25.0 Å². The number of allylic oxidation sites excluding steroid dienone is 5. The molecule has 0 radical (unpaired) electrons. The number of hydrogen-bond acceptors (Lipinski definition) is 3. The van der Waals surface area contributed by atoms with E-state index in [0.717, 1.165) is 58.9 Å². The Balaban J connectivity index is 2.23. The Bertz CT molecular complexity index is 1190. The zero-order chi connectivity index (χ0) is 23.3. The van der Waals surface area contributed by atoms with E-state index in [1.807, 2.05) is 38.1 Å². The molecule has 0 aromatic heterocycles. The third-order valence-corrected chi connectivity index (χ3v) is 6.46. The number of benzene rings is 2. The predicted molar refractivity (Wildman–Crippen MR) is 132 cm³/mol. The van der Waals surface area contributed by atoms with Crippen molar-refractivity contribution in [2.24, 2.45) is 0 Å². The maximum atomic E-state index is 11.8. The average molecular weight is 452 g/mol. The lowest BCUT2D eigenvalue weighted by molar-refractivity contribution is -0.519. The fourth-order valence-electron chi connectivity index (χ4n) is 3.90. The van der Waals surface area contributed by atoms with Crippen molar-refractivity contribution in [1.29, 1.82) is 0 Å². The SMILES string of the molecule is CCNc1ccc(C(=C2C=CC(=[N+](CC)CC)C=C2)c2cc(S(=O)(=O)O)ccc2C)cc1. The number of rotatable bonds is 7. The molecule has 168 valence electrons. The van der Waals surface area contributed by atoms with Crippen LogP contribution < -0.4 is 5.32 Å². The zero-order valence-electron chi connectivity index (χ0n) is 19.1. The summed E-state index contributed by atoms with van der Waals surface area (Å²) in [6, 6.07) is 12.8. The van der Waals surface area contributed by atoms with Crippen LogP contribution in [0.4, 0.5) is 5.69 Å². The monoisotopic (exact) mass is 451 g/mol. The Hall–Kier alpha value is -2.96. The minimum Gasteiger partial charge on any atom is -0.385 e. The summed E-state index contributed by atoms with van der Waals surface area (Å²) in [6.45, 7) is 10.9. The van der Waals surface area contributed by atoms with Gasteiger partial charge in [-0.25, -0.2) is 4.58 Å². The van der Waals surface area contributed by atoms with Crippen LogP contribution in [0.5, 0.6) is 0 Å². The van der Waals surface area contributed by atoms with Crippen LogP contribution in [0.3, 0.4) is 0 Å². The van der Waals surface area contributed by atoms with Gasteiger partial charge in [-0.05, 0) is 91.9 Å². The van der Waals surface area contributed by atoms with Crippen molar-refractivity contribution in [2.45, 2.75) is 32.6 Å². The minimum atomic E-state index is -4.31. The van der Waals surface area contributed by atoms with E-state index in [4.69, 9.17) is 0 Å². The molecule has 0 spiro atoms. The smallest absolute Gasteiger partial charge is 0.294 e. The first-order valence-electron chi connectivity index (χ1n) is 10.9. The van der Waals surface area contributed by atoms with Gasteiger partial charge in [0, 0.05) is 24.4 Å². The van der Waals surface area contributed by atoms with Gasteiger partial charge in [-0.1, -0.05) is 18.2 Å². The van der Waals surface area contributed by atoms with E-state index >= 15 is 0 Å². The van der Waals surface area contributed by atoms with Crippen LogP contribution in [-0.2, 0) is 10.1 Å². The molecule has 2 aromatic carbocycles. The van der Waals surface area contributed by atoms with Gasteiger partial charge in [0.15, 0.2) is 5.71 Å². The van der Waals surface area contributed by atoms with Crippen LogP contribution in [0.15, 0.2) is 77.2 Å². The summed E-state index contributed by atoms with van der Waals surface area (Å²) in [6.07, 6.45) is 8.33. The molecular formula is C26H31N2O3S+. The summed E-state index contributed by atoms with van der Waals surface area (Å²) >= 11 is 0. The van der Waals surface area contributed by atoms with E-state index in [2.05, 4.69) is 48.0 Å². The molecule has 0 amide bonds. The maximum absolute atomic E-state index is 11.8. The van der Waals surface area contributed by atoms with Crippen LogP contribution in [0.1, 0.15) is 37.5 Å². The highest BCUT2D eigenvalue weighted by Gasteiger charge is 2.18. The molecule has 0 aliphatic heterocycles. The van der Waals surface area contributed by atoms with Gasteiger partial charge in [0.1, 0.15) is 13.1 Å². The molecule has 32 heavy (non-hydrogen) atoms. The fraction of sp³-hybridized carbons (Fsp3) is 0.269. The van der Waals surface area contributed by atoms with Gasteiger partial charge >= 0.3 is 0 Å². The van der Waals surface area contributed by atoms with Gasteiger partial charge < -0.3 is 5.32 Å². The molecule has 0 unspecified atom stereocenters. The quantitative estimate of drug-likeness (QED) is 0.454. The Morgan fingerprint density at radius 1 is 0.938 bits per heavy atom. The largest absolute Gasteiger partial charge is 0.385 e. The highest BCUT2D eigenvalue weighted by atomic mass is 32.2. The molecule has 0 fully saturated rings. The van der Waals surface area contributed by atoms with Crippen LogP contribution in [0, 0.1) is 6.92 Å². The van der Waals surface area contributed by atoms with Gasteiger partial charge in [-0.2, -0.15) is 8.42 Å². The maximum Gasteiger partial charge on any atom is 0.294 e. The number of hydrogen-bond donors (Lipinski definition) is 2. The molecule has 0 saturated carbocycles. The van der Waals surface area contributed by atoms with E-state index in [9.17, 15) is 13.0 Å². The van der Waals surface area contributed by atoms with Gasteiger partial charge in [-0.3, -0.25) is 4.55 Å². The highest BCUT2D eigenvalue weighted by molar-refractivity contribution is 7.85. The molecule has 2 N–H and O–H groups in total. The molecule has 0 bridgehead atoms.